The molecule has 0 unspecified atom stereocenters. The Bertz CT molecular complexity index is 981. The molecule has 0 aromatic heterocycles. The highest BCUT2D eigenvalue weighted by atomic mass is 16.3. The highest BCUT2D eigenvalue weighted by Gasteiger charge is 2.39. The molecule has 11 nitrogen and oxygen atoms in total. The van der Waals surface area contributed by atoms with Crippen molar-refractivity contribution in [2.45, 2.75) is 70.1 Å². The lowest BCUT2D eigenvalue weighted by Gasteiger charge is -2.29. The van der Waals surface area contributed by atoms with Crippen molar-refractivity contribution in [3.8, 4) is 5.75 Å². The molecule has 2 aliphatic rings. The number of nitrogens with one attached hydrogen (secondary N) is 2. The molecule has 0 radical (unpaired) electrons. The molecule has 1 aromatic carbocycles. The summed E-state index contributed by atoms with van der Waals surface area (Å²) < 4.78 is 0. The Kier molecular flexibility index (Phi) is 8.31. The summed E-state index contributed by atoms with van der Waals surface area (Å²) in [5, 5.41) is 14.8. The summed E-state index contributed by atoms with van der Waals surface area (Å²) in [5.41, 5.74) is 6.19. The molecule has 2 saturated heterocycles. The number of amides is 5. The summed E-state index contributed by atoms with van der Waals surface area (Å²) in [4.78, 5) is 65.4. The van der Waals surface area contributed by atoms with Crippen molar-refractivity contribution in [2.75, 3.05) is 13.1 Å². The average Bonchev–Trinajstić information content (AvgIpc) is 3.49. The molecule has 190 valence electrons. The van der Waals surface area contributed by atoms with Gasteiger partial charge in [0.25, 0.3) is 0 Å². The van der Waals surface area contributed by atoms with Crippen LogP contribution in [0.2, 0.25) is 0 Å². The van der Waals surface area contributed by atoms with Crippen molar-refractivity contribution in [1.82, 2.24) is 20.4 Å². The second-order valence-corrected chi connectivity index (χ2v) is 9.12. The summed E-state index contributed by atoms with van der Waals surface area (Å²) >= 11 is 0. The number of carbonyl (C=O) groups is 5. The van der Waals surface area contributed by atoms with Gasteiger partial charge in [-0.1, -0.05) is 12.1 Å². The van der Waals surface area contributed by atoms with Crippen LogP contribution < -0.4 is 16.4 Å². The van der Waals surface area contributed by atoms with E-state index in [4.69, 9.17) is 5.73 Å². The number of rotatable bonds is 8. The molecule has 0 spiro atoms. The number of primary amides is 1. The molecule has 2 aliphatic heterocycles. The first kappa shape index (κ1) is 26.0. The molecule has 4 atom stereocenters. The van der Waals surface area contributed by atoms with E-state index in [0.29, 0.717) is 37.9 Å². The molecular weight excluding hydrogens is 454 g/mol. The molecule has 0 saturated carbocycles. The second kappa shape index (κ2) is 11.2. The Morgan fingerprint density at radius 3 is 2.09 bits per heavy atom. The van der Waals surface area contributed by atoms with Crippen LogP contribution in [0.3, 0.4) is 0 Å². The number of aromatic hydroxyl groups is 1. The number of likely N-dealkylation sites (tertiary alicyclic amines) is 2. The number of hydrogen-bond donors (Lipinski definition) is 4. The molecule has 11 heteroatoms. The van der Waals surface area contributed by atoms with Crippen LogP contribution in [-0.2, 0) is 30.4 Å². The largest absolute Gasteiger partial charge is 0.508 e. The van der Waals surface area contributed by atoms with Crippen molar-refractivity contribution >= 4 is 29.5 Å². The molecule has 2 heterocycles. The Labute approximate surface area is 204 Å². The summed E-state index contributed by atoms with van der Waals surface area (Å²) in [6.07, 6.45) is 2.42. The Morgan fingerprint density at radius 2 is 1.51 bits per heavy atom. The van der Waals surface area contributed by atoms with Gasteiger partial charge in [0.15, 0.2) is 0 Å². The maximum atomic E-state index is 13.1. The van der Waals surface area contributed by atoms with Gasteiger partial charge in [0.1, 0.15) is 29.9 Å². The molecule has 2 fully saturated rings. The average molecular weight is 488 g/mol. The first-order valence-electron chi connectivity index (χ1n) is 11.8. The van der Waals surface area contributed by atoms with Gasteiger partial charge in [0.05, 0.1) is 0 Å². The number of phenolic OH excluding ortho intramolecular Hbond substituents is 1. The quantitative estimate of drug-likeness (QED) is 0.383. The second-order valence-electron chi connectivity index (χ2n) is 9.12. The number of hydrogen-bond acceptors (Lipinski definition) is 6. The summed E-state index contributed by atoms with van der Waals surface area (Å²) in [6.45, 7) is 3.82. The van der Waals surface area contributed by atoms with Crippen molar-refractivity contribution in [1.29, 1.82) is 0 Å². The number of carbonyl (C=O) groups excluding carboxylic acids is 5. The van der Waals surface area contributed by atoms with E-state index >= 15 is 0 Å². The topological polar surface area (TPSA) is 162 Å². The maximum absolute atomic E-state index is 13.1. The van der Waals surface area contributed by atoms with E-state index in [9.17, 15) is 29.1 Å². The van der Waals surface area contributed by atoms with Crippen molar-refractivity contribution < 1.29 is 29.1 Å². The molecule has 3 rings (SSSR count). The highest BCUT2D eigenvalue weighted by Crippen LogP contribution is 2.21. The van der Waals surface area contributed by atoms with E-state index in [2.05, 4.69) is 10.6 Å². The third-order valence-corrected chi connectivity index (χ3v) is 6.56. The van der Waals surface area contributed by atoms with Crippen LogP contribution in [0.5, 0.6) is 5.75 Å². The molecular formula is C24H33N5O6. The zero-order chi connectivity index (χ0) is 25.7. The molecule has 35 heavy (non-hydrogen) atoms. The number of phenols is 1. The summed E-state index contributed by atoms with van der Waals surface area (Å²) in [6, 6.07) is 2.96. The minimum atomic E-state index is -0.985. The number of nitrogens with two attached hydrogens (primary N) is 1. The van der Waals surface area contributed by atoms with Crippen LogP contribution in [-0.4, -0.2) is 81.7 Å². The third kappa shape index (κ3) is 6.28. The van der Waals surface area contributed by atoms with Gasteiger partial charge in [0.2, 0.25) is 29.5 Å². The van der Waals surface area contributed by atoms with Gasteiger partial charge in [-0.05, 0) is 50.3 Å². The van der Waals surface area contributed by atoms with E-state index in [1.807, 2.05) is 0 Å². The Morgan fingerprint density at radius 1 is 0.971 bits per heavy atom. The first-order valence-corrected chi connectivity index (χ1v) is 11.8. The van der Waals surface area contributed by atoms with E-state index in [1.165, 1.54) is 28.9 Å². The monoisotopic (exact) mass is 487 g/mol. The van der Waals surface area contributed by atoms with Crippen molar-refractivity contribution in [3.05, 3.63) is 29.8 Å². The standard InChI is InChI=1S/C24H33N5O6/c1-14(26-22(33)19-5-3-11-28(19)15(2)30)24(35)29-12-4-6-20(29)23(34)27-18(21(25)32)13-16-7-9-17(31)10-8-16/h7-10,14,18-20,31H,3-6,11-13H2,1-2H3,(H2,25,32)(H,26,33)(H,27,34)/t14-,18-,19-,20-/m0/s1. The molecule has 0 aliphatic carbocycles. The molecule has 0 bridgehead atoms. The van der Waals surface area contributed by atoms with Gasteiger partial charge in [-0.3, -0.25) is 24.0 Å². The fourth-order valence-corrected chi connectivity index (χ4v) is 4.70. The number of benzene rings is 1. The van der Waals surface area contributed by atoms with E-state index in [1.54, 1.807) is 19.1 Å². The van der Waals surface area contributed by atoms with E-state index < -0.39 is 41.9 Å². The van der Waals surface area contributed by atoms with Crippen LogP contribution in [0.1, 0.15) is 45.1 Å². The lowest BCUT2D eigenvalue weighted by atomic mass is 10.0. The lowest BCUT2D eigenvalue weighted by molar-refractivity contribution is -0.143. The Balaban J connectivity index is 1.61. The van der Waals surface area contributed by atoms with Crippen molar-refractivity contribution in [2.24, 2.45) is 5.73 Å². The van der Waals surface area contributed by atoms with Crippen molar-refractivity contribution in [3.63, 3.8) is 0 Å². The highest BCUT2D eigenvalue weighted by molar-refractivity contribution is 5.95. The molecule has 1 aromatic rings. The fraction of sp³-hybridized carbons (Fsp3) is 0.542. The van der Waals surface area contributed by atoms with Gasteiger partial charge >= 0.3 is 0 Å². The van der Waals surface area contributed by atoms with Crippen LogP contribution in [0.15, 0.2) is 24.3 Å². The zero-order valence-corrected chi connectivity index (χ0v) is 20.0. The zero-order valence-electron chi connectivity index (χ0n) is 20.0. The Hall–Kier alpha value is -3.63. The SMILES string of the molecule is CC(=O)N1CCC[C@H]1C(=O)N[C@@H](C)C(=O)N1CCC[C@H]1C(=O)N[C@@H](Cc1ccc(O)cc1)C(N)=O. The van der Waals surface area contributed by atoms with Crippen LogP contribution in [0, 0.1) is 0 Å². The predicted molar refractivity (Wildman–Crippen MR) is 126 cm³/mol. The minimum absolute atomic E-state index is 0.0802. The smallest absolute Gasteiger partial charge is 0.245 e. The lowest BCUT2D eigenvalue weighted by Crippen LogP contribution is -2.57. The summed E-state index contributed by atoms with van der Waals surface area (Å²) in [5.74, 6) is -2.10. The molecule has 5 N–H and O–H groups in total. The number of nitrogens with zero attached hydrogens (tertiary/aromatic N) is 2. The molecule has 5 amide bonds. The van der Waals surface area contributed by atoms with Gasteiger partial charge in [-0.15, -0.1) is 0 Å². The van der Waals surface area contributed by atoms with Gasteiger partial charge in [0, 0.05) is 26.4 Å². The van der Waals surface area contributed by atoms with Crippen LogP contribution in [0.25, 0.3) is 0 Å². The third-order valence-electron chi connectivity index (χ3n) is 6.56. The predicted octanol–water partition coefficient (Wildman–Crippen LogP) is -0.589. The normalized spacial score (nSPS) is 21.3. The summed E-state index contributed by atoms with van der Waals surface area (Å²) in [7, 11) is 0. The minimum Gasteiger partial charge on any atom is -0.508 e. The first-order chi connectivity index (χ1) is 16.6. The van der Waals surface area contributed by atoms with Crippen LogP contribution >= 0.6 is 0 Å². The van der Waals surface area contributed by atoms with Gasteiger partial charge in [-0.25, -0.2) is 0 Å². The fourth-order valence-electron chi connectivity index (χ4n) is 4.70. The maximum Gasteiger partial charge on any atom is 0.245 e. The van der Waals surface area contributed by atoms with Gasteiger partial charge in [-0.2, -0.15) is 0 Å². The van der Waals surface area contributed by atoms with Crippen LogP contribution in [0.4, 0.5) is 0 Å². The van der Waals surface area contributed by atoms with E-state index in [-0.39, 0.29) is 24.0 Å². The van der Waals surface area contributed by atoms with E-state index in [0.717, 1.165) is 6.42 Å². The van der Waals surface area contributed by atoms with Gasteiger partial charge < -0.3 is 31.3 Å².